The molecule has 0 aromatic carbocycles. The van der Waals surface area contributed by atoms with Gasteiger partial charge in [-0.1, -0.05) is 0 Å². The summed E-state index contributed by atoms with van der Waals surface area (Å²) in [5.74, 6) is -0.835. The normalized spacial score (nSPS) is 10.9. The van der Waals surface area contributed by atoms with Gasteiger partial charge in [0.15, 0.2) is 0 Å². The Morgan fingerprint density at radius 2 is 2.47 bits per heavy atom. The van der Waals surface area contributed by atoms with E-state index in [2.05, 4.69) is 4.98 Å². The molecule has 90 valence electrons. The molecule has 0 radical (unpaired) electrons. The highest BCUT2D eigenvalue weighted by atomic mass is 32.1. The van der Waals surface area contributed by atoms with Gasteiger partial charge >= 0.3 is 5.97 Å². The Balaban J connectivity index is 2.01. The first-order chi connectivity index (χ1) is 8.15. The number of aromatic nitrogens is 1. The van der Waals surface area contributed by atoms with E-state index in [1.807, 2.05) is 11.4 Å². The fourth-order valence-electron chi connectivity index (χ4n) is 1.46. The molecule has 6 heteroatoms. The largest absolute Gasteiger partial charge is 0.480 e. The first-order valence-electron chi connectivity index (χ1n) is 5.02. The van der Waals surface area contributed by atoms with Gasteiger partial charge in [-0.25, -0.2) is 4.98 Å². The minimum Gasteiger partial charge on any atom is -0.480 e. The number of rotatable bonds is 5. The van der Waals surface area contributed by atoms with E-state index in [9.17, 15) is 4.79 Å². The van der Waals surface area contributed by atoms with Gasteiger partial charge in [0, 0.05) is 17.5 Å². The Labute approximate surface area is 102 Å². The minimum atomic E-state index is -0.835. The van der Waals surface area contributed by atoms with Crippen molar-refractivity contribution in [2.75, 3.05) is 13.6 Å². The van der Waals surface area contributed by atoms with Gasteiger partial charge < -0.3 is 9.52 Å². The zero-order valence-corrected chi connectivity index (χ0v) is 10.1. The van der Waals surface area contributed by atoms with Gasteiger partial charge in [-0.2, -0.15) is 0 Å². The summed E-state index contributed by atoms with van der Waals surface area (Å²) in [6.07, 6.45) is 3.25. The maximum atomic E-state index is 10.5. The van der Waals surface area contributed by atoms with E-state index in [0.717, 1.165) is 16.3 Å². The van der Waals surface area contributed by atoms with Gasteiger partial charge in [-0.3, -0.25) is 9.69 Å². The summed E-state index contributed by atoms with van der Waals surface area (Å²) in [4.78, 5) is 16.6. The molecular weight excluding hydrogens is 240 g/mol. The Morgan fingerprint density at radius 3 is 3.12 bits per heavy atom. The number of furan rings is 1. The monoisotopic (exact) mass is 252 g/mol. The first kappa shape index (κ1) is 11.8. The van der Waals surface area contributed by atoms with Crippen LogP contribution in [0.1, 0.15) is 5.69 Å². The van der Waals surface area contributed by atoms with Crippen molar-refractivity contribution in [3.8, 4) is 10.6 Å². The van der Waals surface area contributed by atoms with Crippen molar-refractivity contribution in [2.24, 2.45) is 0 Å². The van der Waals surface area contributed by atoms with E-state index < -0.39 is 5.97 Å². The minimum absolute atomic E-state index is 0.0125. The molecule has 5 nitrogen and oxygen atoms in total. The topological polar surface area (TPSA) is 66.6 Å². The number of carboxylic acid groups (broad SMARTS) is 1. The van der Waals surface area contributed by atoms with Crippen LogP contribution < -0.4 is 0 Å². The van der Waals surface area contributed by atoms with Crippen LogP contribution in [0, 0.1) is 0 Å². The Hall–Kier alpha value is -1.66. The zero-order chi connectivity index (χ0) is 12.3. The van der Waals surface area contributed by atoms with Crippen molar-refractivity contribution >= 4 is 17.3 Å². The van der Waals surface area contributed by atoms with Crippen molar-refractivity contribution in [2.45, 2.75) is 6.54 Å². The van der Waals surface area contributed by atoms with E-state index in [1.165, 1.54) is 11.3 Å². The summed E-state index contributed by atoms with van der Waals surface area (Å²) in [6, 6.07) is 1.85. The molecule has 2 aromatic rings. The van der Waals surface area contributed by atoms with Crippen molar-refractivity contribution < 1.29 is 14.3 Å². The predicted octanol–water partition coefficient (Wildman–Crippen LogP) is 1.92. The Bertz CT molecular complexity index is 493. The van der Waals surface area contributed by atoms with Crippen molar-refractivity contribution in [3.63, 3.8) is 0 Å². The maximum absolute atomic E-state index is 10.5. The number of likely N-dealkylation sites (N-methyl/N-ethyl adjacent to an activating group) is 1. The molecule has 0 aliphatic rings. The third kappa shape index (κ3) is 3.15. The molecule has 0 spiro atoms. The number of carbonyl (C=O) groups is 1. The summed E-state index contributed by atoms with van der Waals surface area (Å²) in [7, 11) is 1.75. The molecule has 0 aliphatic carbocycles. The summed E-state index contributed by atoms with van der Waals surface area (Å²) in [5.41, 5.74) is 1.82. The van der Waals surface area contributed by atoms with Gasteiger partial charge in [0.05, 0.1) is 18.5 Å². The molecule has 0 saturated heterocycles. The highest BCUT2D eigenvalue weighted by molar-refractivity contribution is 7.13. The SMILES string of the molecule is CN(CC(=O)O)Cc1csc(-c2ccoc2)n1. The van der Waals surface area contributed by atoms with E-state index in [0.29, 0.717) is 6.54 Å². The lowest BCUT2D eigenvalue weighted by molar-refractivity contribution is -0.138. The fraction of sp³-hybridized carbons (Fsp3) is 0.273. The van der Waals surface area contributed by atoms with E-state index in [-0.39, 0.29) is 6.54 Å². The van der Waals surface area contributed by atoms with Crippen LogP contribution in [0.15, 0.2) is 28.4 Å². The van der Waals surface area contributed by atoms with Crippen LogP contribution in [-0.2, 0) is 11.3 Å². The Kier molecular flexibility index (Phi) is 3.55. The van der Waals surface area contributed by atoms with Crippen LogP contribution >= 0.6 is 11.3 Å². The van der Waals surface area contributed by atoms with Gasteiger partial charge in [0.2, 0.25) is 0 Å². The molecule has 1 N–H and O–H groups in total. The van der Waals surface area contributed by atoms with Gasteiger partial charge in [0.25, 0.3) is 0 Å². The van der Waals surface area contributed by atoms with E-state index >= 15 is 0 Å². The molecule has 0 aliphatic heterocycles. The lowest BCUT2D eigenvalue weighted by Crippen LogP contribution is -2.25. The van der Waals surface area contributed by atoms with Crippen LogP contribution in [0.4, 0.5) is 0 Å². The van der Waals surface area contributed by atoms with Crippen molar-refractivity contribution in [3.05, 3.63) is 29.7 Å². The average Bonchev–Trinajstić information content (AvgIpc) is 2.84. The molecule has 2 heterocycles. The smallest absolute Gasteiger partial charge is 0.317 e. The number of hydrogen-bond donors (Lipinski definition) is 1. The second-order valence-electron chi connectivity index (χ2n) is 3.72. The number of aliphatic carboxylic acids is 1. The highest BCUT2D eigenvalue weighted by Gasteiger charge is 2.09. The zero-order valence-electron chi connectivity index (χ0n) is 9.29. The summed E-state index contributed by atoms with van der Waals surface area (Å²) in [5, 5.41) is 11.5. The number of carboxylic acids is 1. The molecule has 0 amide bonds. The van der Waals surface area contributed by atoms with Crippen LogP contribution in [0.5, 0.6) is 0 Å². The van der Waals surface area contributed by atoms with Crippen LogP contribution in [0.2, 0.25) is 0 Å². The fourth-order valence-corrected chi connectivity index (χ4v) is 2.26. The molecule has 2 aromatic heterocycles. The third-order valence-electron chi connectivity index (χ3n) is 2.16. The van der Waals surface area contributed by atoms with Crippen molar-refractivity contribution in [1.82, 2.24) is 9.88 Å². The van der Waals surface area contributed by atoms with E-state index in [4.69, 9.17) is 9.52 Å². The summed E-state index contributed by atoms with van der Waals surface area (Å²) < 4.78 is 4.99. The quantitative estimate of drug-likeness (QED) is 0.880. The molecule has 2 rings (SSSR count). The molecule has 0 saturated carbocycles. The highest BCUT2D eigenvalue weighted by Crippen LogP contribution is 2.24. The van der Waals surface area contributed by atoms with Crippen molar-refractivity contribution in [1.29, 1.82) is 0 Å². The van der Waals surface area contributed by atoms with Crippen LogP contribution in [0.3, 0.4) is 0 Å². The standard InChI is InChI=1S/C11H12N2O3S/c1-13(5-10(14)15)4-9-7-17-11(12-9)8-2-3-16-6-8/h2-3,6-7H,4-5H2,1H3,(H,14,15). The lowest BCUT2D eigenvalue weighted by atomic mass is 10.3. The summed E-state index contributed by atoms with van der Waals surface area (Å²) >= 11 is 1.52. The summed E-state index contributed by atoms with van der Waals surface area (Å²) in [6.45, 7) is 0.541. The average molecular weight is 252 g/mol. The second-order valence-corrected chi connectivity index (χ2v) is 4.58. The first-order valence-corrected chi connectivity index (χ1v) is 5.90. The predicted molar refractivity (Wildman–Crippen MR) is 63.8 cm³/mol. The van der Waals surface area contributed by atoms with Crippen LogP contribution in [0.25, 0.3) is 10.6 Å². The number of nitrogens with zero attached hydrogens (tertiary/aromatic N) is 2. The number of thiazole rings is 1. The maximum Gasteiger partial charge on any atom is 0.317 e. The second kappa shape index (κ2) is 5.11. The van der Waals surface area contributed by atoms with E-state index in [1.54, 1.807) is 24.5 Å². The van der Waals surface area contributed by atoms with Crippen LogP contribution in [-0.4, -0.2) is 34.6 Å². The molecule has 0 bridgehead atoms. The molecular formula is C11H12N2O3S. The Morgan fingerprint density at radius 1 is 1.65 bits per heavy atom. The van der Waals surface area contributed by atoms with Gasteiger partial charge in [0.1, 0.15) is 11.3 Å². The third-order valence-corrected chi connectivity index (χ3v) is 3.10. The number of hydrogen-bond acceptors (Lipinski definition) is 5. The molecule has 0 fully saturated rings. The van der Waals surface area contributed by atoms with Gasteiger partial charge in [-0.15, -0.1) is 11.3 Å². The van der Waals surface area contributed by atoms with Gasteiger partial charge in [-0.05, 0) is 13.1 Å². The molecule has 0 atom stereocenters. The molecule has 0 unspecified atom stereocenters. The molecule has 17 heavy (non-hydrogen) atoms. The lowest BCUT2D eigenvalue weighted by Gasteiger charge is -2.11.